The number of ether oxygens (including phenoxy) is 1. The third kappa shape index (κ3) is 3.12. The van der Waals surface area contributed by atoms with Gasteiger partial charge in [0.15, 0.2) is 0 Å². The van der Waals surface area contributed by atoms with E-state index in [9.17, 15) is 9.50 Å². The lowest BCUT2D eigenvalue weighted by atomic mass is 9.99. The molecule has 0 aliphatic carbocycles. The molecule has 2 aromatic carbocycles. The minimum absolute atomic E-state index is 0.316. The topological polar surface area (TPSA) is 29.5 Å². The molecule has 19 heavy (non-hydrogen) atoms. The first-order valence-corrected chi connectivity index (χ1v) is 6.18. The molecule has 0 bridgehead atoms. The Labute approximate surface area is 112 Å². The van der Waals surface area contributed by atoms with Crippen molar-refractivity contribution in [2.45, 2.75) is 19.4 Å². The molecule has 2 nitrogen and oxygen atoms in total. The van der Waals surface area contributed by atoms with Crippen molar-refractivity contribution in [1.29, 1.82) is 0 Å². The number of hydrogen-bond acceptors (Lipinski definition) is 2. The smallest absolute Gasteiger partial charge is 0.129 e. The first-order valence-electron chi connectivity index (χ1n) is 6.18. The Morgan fingerprint density at radius 1 is 1.21 bits per heavy atom. The number of hydrogen-bond donors (Lipinski definition) is 1. The van der Waals surface area contributed by atoms with E-state index in [2.05, 4.69) is 0 Å². The first kappa shape index (κ1) is 13.6. The summed E-state index contributed by atoms with van der Waals surface area (Å²) in [5.41, 5.74) is 2.01. The zero-order chi connectivity index (χ0) is 13.8. The number of rotatable bonds is 4. The minimum Gasteiger partial charge on any atom is -0.496 e. The fraction of sp³-hybridized carbons (Fsp3) is 0.250. The van der Waals surface area contributed by atoms with Crippen molar-refractivity contribution in [3.8, 4) is 5.75 Å². The van der Waals surface area contributed by atoms with Crippen LogP contribution in [0.3, 0.4) is 0 Å². The van der Waals surface area contributed by atoms with Gasteiger partial charge in [0.05, 0.1) is 13.2 Å². The molecule has 0 aliphatic rings. The summed E-state index contributed by atoms with van der Waals surface area (Å²) in [4.78, 5) is 0. The number of aryl methyl sites for hydroxylation is 1. The van der Waals surface area contributed by atoms with Gasteiger partial charge in [0.2, 0.25) is 0 Å². The molecule has 0 saturated heterocycles. The summed E-state index contributed by atoms with van der Waals surface area (Å²) in [7, 11) is 1.58. The molecule has 0 heterocycles. The van der Waals surface area contributed by atoms with Crippen LogP contribution in [0.2, 0.25) is 0 Å². The van der Waals surface area contributed by atoms with Crippen molar-refractivity contribution in [3.05, 3.63) is 65.0 Å². The van der Waals surface area contributed by atoms with Gasteiger partial charge in [-0.3, -0.25) is 0 Å². The van der Waals surface area contributed by atoms with Gasteiger partial charge in [-0.15, -0.1) is 0 Å². The lowest BCUT2D eigenvalue weighted by Crippen LogP contribution is -2.05. The second kappa shape index (κ2) is 5.85. The fourth-order valence-electron chi connectivity index (χ4n) is 2.09. The Morgan fingerprint density at radius 2 is 1.95 bits per heavy atom. The molecule has 0 saturated carbocycles. The highest BCUT2D eigenvalue weighted by atomic mass is 19.1. The van der Waals surface area contributed by atoms with Gasteiger partial charge < -0.3 is 9.84 Å². The molecule has 100 valence electrons. The predicted octanol–water partition coefficient (Wildman–Crippen LogP) is 3.42. The molecule has 0 amide bonds. The Hall–Kier alpha value is -1.87. The molecule has 2 rings (SSSR count). The molecule has 0 spiro atoms. The van der Waals surface area contributed by atoms with Gasteiger partial charge >= 0.3 is 0 Å². The zero-order valence-corrected chi connectivity index (χ0v) is 11.1. The number of aliphatic hydroxyl groups excluding tert-OH is 1. The van der Waals surface area contributed by atoms with Gasteiger partial charge in [0.1, 0.15) is 11.6 Å². The molecule has 1 N–H and O–H groups in total. The molecular formula is C16H17FO2. The van der Waals surface area contributed by atoms with Crippen LogP contribution >= 0.6 is 0 Å². The van der Waals surface area contributed by atoms with Crippen LogP contribution in [-0.2, 0) is 6.42 Å². The third-order valence-electron chi connectivity index (χ3n) is 3.12. The molecule has 1 atom stereocenters. The van der Waals surface area contributed by atoms with E-state index in [1.807, 2.05) is 31.2 Å². The van der Waals surface area contributed by atoms with E-state index in [4.69, 9.17) is 4.74 Å². The molecule has 1 unspecified atom stereocenters. The standard InChI is InChI=1S/C16H17FO2/c1-11-7-8-13(14(17)9-11)15(18)10-12-5-3-4-6-16(12)19-2/h3-9,15,18H,10H2,1-2H3. The average molecular weight is 260 g/mol. The van der Waals surface area contributed by atoms with Crippen LogP contribution in [0.4, 0.5) is 4.39 Å². The van der Waals surface area contributed by atoms with E-state index in [-0.39, 0.29) is 5.82 Å². The third-order valence-corrected chi connectivity index (χ3v) is 3.12. The SMILES string of the molecule is COc1ccccc1CC(O)c1ccc(C)cc1F. The maximum atomic E-state index is 13.8. The van der Waals surface area contributed by atoms with E-state index < -0.39 is 6.10 Å². The fourth-order valence-corrected chi connectivity index (χ4v) is 2.09. The quantitative estimate of drug-likeness (QED) is 0.912. The molecule has 0 fully saturated rings. The Kier molecular flexibility index (Phi) is 4.17. The highest BCUT2D eigenvalue weighted by molar-refractivity contribution is 5.35. The largest absolute Gasteiger partial charge is 0.496 e. The normalized spacial score (nSPS) is 12.2. The second-order valence-electron chi connectivity index (χ2n) is 4.56. The second-order valence-corrected chi connectivity index (χ2v) is 4.56. The number of methoxy groups -OCH3 is 1. The Bertz CT molecular complexity index is 566. The van der Waals surface area contributed by atoms with Gasteiger partial charge in [-0.1, -0.05) is 30.3 Å². The van der Waals surface area contributed by atoms with Gasteiger partial charge in [-0.2, -0.15) is 0 Å². The summed E-state index contributed by atoms with van der Waals surface area (Å²) in [6.07, 6.45) is -0.554. The van der Waals surface area contributed by atoms with Crippen LogP contribution < -0.4 is 4.74 Å². The highest BCUT2D eigenvalue weighted by Crippen LogP contribution is 2.26. The molecule has 0 aromatic heterocycles. The summed E-state index contributed by atoms with van der Waals surface area (Å²) in [6, 6.07) is 12.3. The first-order chi connectivity index (χ1) is 9.11. The van der Waals surface area contributed by atoms with E-state index in [0.717, 1.165) is 11.1 Å². The molecule has 3 heteroatoms. The summed E-state index contributed by atoms with van der Waals surface area (Å²) < 4.78 is 19.0. The maximum absolute atomic E-state index is 13.8. The number of para-hydroxylation sites is 1. The average Bonchev–Trinajstić information content (AvgIpc) is 2.39. The summed E-state index contributed by atoms with van der Waals surface area (Å²) in [6.45, 7) is 1.82. The van der Waals surface area contributed by atoms with Crippen molar-refractivity contribution in [1.82, 2.24) is 0 Å². The number of halogens is 1. The van der Waals surface area contributed by atoms with E-state index >= 15 is 0 Å². The van der Waals surface area contributed by atoms with Crippen LogP contribution in [0.25, 0.3) is 0 Å². The van der Waals surface area contributed by atoms with Crippen molar-refractivity contribution >= 4 is 0 Å². The molecular weight excluding hydrogens is 243 g/mol. The van der Waals surface area contributed by atoms with E-state index in [0.29, 0.717) is 17.7 Å². The number of benzene rings is 2. The van der Waals surface area contributed by atoms with E-state index in [1.54, 1.807) is 19.2 Å². The number of aliphatic hydroxyl groups is 1. The lowest BCUT2D eigenvalue weighted by molar-refractivity contribution is 0.172. The highest BCUT2D eigenvalue weighted by Gasteiger charge is 2.15. The van der Waals surface area contributed by atoms with Crippen LogP contribution in [0, 0.1) is 12.7 Å². The Morgan fingerprint density at radius 3 is 2.63 bits per heavy atom. The summed E-state index contributed by atoms with van der Waals surface area (Å²) in [5.74, 6) is 0.330. The predicted molar refractivity (Wildman–Crippen MR) is 72.8 cm³/mol. The monoisotopic (exact) mass is 260 g/mol. The molecule has 0 aliphatic heterocycles. The van der Waals surface area contributed by atoms with Gasteiger partial charge in [0, 0.05) is 12.0 Å². The lowest BCUT2D eigenvalue weighted by Gasteiger charge is -2.14. The maximum Gasteiger partial charge on any atom is 0.129 e. The van der Waals surface area contributed by atoms with Crippen LogP contribution in [0.5, 0.6) is 5.75 Å². The van der Waals surface area contributed by atoms with Crippen molar-refractivity contribution in [3.63, 3.8) is 0 Å². The van der Waals surface area contributed by atoms with Crippen molar-refractivity contribution < 1.29 is 14.2 Å². The summed E-state index contributed by atoms with van der Waals surface area (Å²) >= 11 is 0. The van der Waals surface area contributed by atoms with Gasteiger partial charge in [-0.25, -0.2) is 4.39 Å². The van der Waals surface area contributed by atoms with Crippen LogP contribution in [-0.4, -0.2) is 12.2 Å². The Balaban J connectivity index is 2.23. The minimum atomic E-state index is -0.878. The van der Waals surface area contributed by atoms with Gasteiger partial charge in [-0.05, 0) is 30.2 Å². The van der Waals surface area contributed by atoms with Crippen LogP contribution in [0.15, 0.2) is 42.5 Å². The van der Waals surface area contributed by atoms with E-state index in [1.165, 1.54) is 6.07 Å². The molecule has 0 radical (unpaired) electrons. The molecule has 2 aromatic rings. The zero-order valence-electron chi connectivity index (χ0n) is 11.1. The van der Waals surface area contributed by atoms with Crippen LogP contribution in [0.1, 0.15) is 22.8 Å². The van der Waals surface area contributed by atoms with Crippen molar-refractivity contribution in [2.75, 3.05) is 7.11 Å². The summed E-state index contributed by atoms with van der Waals surface area (Å²) in [5, 5.41) is 10.2. The van der Waals surface area contributed by atoms with Gasteiger partial charge in [0.25, 0.3) is 0 Å². The van der Waals surface area contributed by atoms with Crippen molar-refractivity contribution in [2.24, 2.45) is 0 Å².